The molecule has 0 aliphatic heterocycles. The summed E-state index contributed by atoms with van der Waals surface area (Å²) in [5.41, 5.74) is 0.410. The molecule has 0 aromatic heterocycles. The van der Waals surface area contributed by atoms with Gasteiger partial charge < -0.3 is 25.0 Å². The van der Waals surface area contributed by atoms with Gasteiger partial charge in [0.25, 0.3) is 0 Å². The zero-order valence-corrected chi connectivity index (χ0v) is 13.3. The molecule has 0 fully saturated rings. The van der Waals surface area contributed by atoms with E-state index in [2.05, 4.69) is 5.32 Å². The zero-order chi connectivity index (χ0) is 15.9. The minimum Gasteiger partial charge on any atom is -0.493 e. The summed E-state index contributed by atoms with van der Waals surface area (Å²) in [5, 5.41) is 22.0. The van der Waals surface area contributed by atoms with Gasteiger partial charge in [-0.25, -0.2) is 0 Å². The Morgan fingerprint density at radius 2 is 1.95 bits per heavy atom. The van der Waals surface area contributed by atoms with E-state index in [4.69, 9.17) is 14.6 Å². The average molecular weight is 297 g/mol. The number of benzene rings is 1. The van der Waals surface area contributed by atoms with Gasteiger partial charge >= 0.3 is 0 Å². The molecule has 120 valence electrons. The monoisotopic (exact) mass is 297 g/mol. The molecule has 5 nitrogen and oxygen atoms in total. The van der Waals surface area contributed by atoms with Gasteiger partial charge in [0, 0.05) is 18.0 Å². The topological polar surface area (TPSA) is 71.0 Å². The number of nitrogens with one attached hydrogen (secondary N) is 1. The van der Waals surface area contributed by atoms with Crippen LogP contribution >= 0.6 is 0 Å². The van der Waals surface area contributed by atoms with E-state index in [1.165, 1.54) is 0 Å². The van der Waals surface area contributed by atoms with Crippen LogP contribution in [0.5, 0.6) is 11.5 Å². The first-order valence-corrected chi connectivity index (χ1v) is 7.23. The van der Waals surface area contributed by atoms with E-state index in [9.17, 15) is 5.11 Å². The molecule has 0 bridgehead atoms. The van der Waals surface area contributed by atoms with E-state index < -0.39 is 0 Å². The second kappa shape index (κ2) is 8.22. The summed E-state index contributed by atoms with van der Waals surface area (Å²) in [6.07, 6.45) is 0.673. The third kappa shape index (κ3) is 5.53. The van der Waals surface area contributed by atoms with E-state index in [1.54, 1.807) is 25.3 Å². The largest absolute Gasteiger partial charge is 0.493 e. The van der Waals surface area contributed by atoms with Crippen LogP contribution in [0, 0.1) is 0 Å². The van der Waals surface area contributed by atoms with E-state index in [1.807, 2.05) is 20.8 Å². The first-order chi connectivity index (χ1) is 9.94. The van der Waals surface area contributed by atoms with E-state index >= 15 is 0 Å². The highest BCUT2D eigenvalue weighted by Crippen LogP contribution is 2.28. The van der Waals surface area contributed by atoms with Crippen molar-refractivity contribution in [2.75, 3.05) is 20.3 Å². The molecule has 0 aliphatic rings. The van der Waals surface area contributed by atoms with Gasteiger partial charge in [-0.2, -0.15) is 0 Å². The normalized spacial score (nSPS) is 14.0. The second-order valence-electron chi connectivity index (χ2n) is 5.76. The summed E-state index contributed by atoms with van der Waals surface area (Å²) in [6.45, 7) is 6.55. The highest BCUT2D eigenvalue weighted by molar-refractivity contribution is 5.42. The van der Waals surface area contributed by atoms with E-state index in [-0.39, 0.29) is 18.8 Å². The fraction of sp³-hybridized carbons (Fsp3) is 0.625. The Hall–Kier alpha value is -1.30. The van der Waals surface area contributed by atoms with Crippen LogP contribution in [0.1, 0.15) is 32.8 Å². The smallest absolute Gasteiger partial charge is 0.161 e. The molecule has 1 aromatic carbocycles. The minimum atomic E-state index is -0.369. The van der Waals surface area contributed by atoms with Crippen molar-refractivity contribution in [1.29, 1.82) is 0 Å². The average Bonchev–Trinajstić information content (AvgIpc) is 2.46. The predicted octanol–water partition coefficient (Wildman–Crippen LogP) is 1.71. The number of rotatable bonds is 9. The Balaban J connectivity index is 2.62. The van der Waals surface area contributed by atoms with E-state index in [0.717, 1.165) is 5.56 Å². The Morgan fingerprint density at radius 3 is 2.48 bits per heavy atom. The van der Waals surface area contributed by atoms with Crippen molar-refractivity contribution in [3.05, 3.63) is 23.8 Å². The molecule has 1 aromatic rings. The number of hydrogen-bond donors (Lipinski definition) is 3. The van der Waals surface area contributed by atoms with Crippen molar-refractivity contribution in [1.82, 2.24) is 5.32 Å². The first kappa shape index (κ1) is 17.8. The maximum absolute atomic E-state index is 9.53. The van der Waals surface area contributed by atoms with Gasteiger partial charge in [-0.05, 0) is 24.6 Å². The Morgan fingerprint density at radius 1 is 1.24 bits per heavy atom. The molecular formula is C16H27NO4. The molecule has 0 radical (unpaired) electrons. The molecule has 0 spiro atoms. The van der Waals surface area contributed by atoms with E-state index in [0.29, 0.717) is 30.6 Å². The molecule has 1 unspecified atom stereocenters. The molecule has 0 saturated carbocycles. The predicted molar refractivity (Wildman–Crippen MR) is 82.8 cm³/mol. The van der Waals surface area contributed by atoms with Crippen molar-refractivity contribution in [3.63, 3.8) is 0 Å². The molecule has 3 N–H and O–H groups in total. The van der Waals surface area contributed by atoms with Crippen LogP contribution in [-0.4, -0.2) is 42.1 Å². The molecule has 1 rings (SSSR count). The standard InChI is InChI=1S/C16H27NO4/c1-12(2)17-16(3,11-19)7-8-21-14-6-5-13(10-18)9-15(14)20-4/h5-6,9,12,17-19H,7-8,10-11H2,1-4H3. The lowest BCUT2D eigenvalue weighted by molar-refractivity contribution is 0.135. The Kier molecular flexibility index (Phi) is 6.95. The van der Waals surface area contributed by atoms with Crippen molar-refractivity contribution < 1.29 is 19.7 Å². The minimum absolute atomic E-state index is 0.0302. The third-order valence-electron chi connectivity index (χ3n) is 3.31. The summed E-state index contributed by atoms with van der Waals surface area (Å²) in [6, 6.07) is 5.64. The second-order valence-corrected chi connectivity index (χ2v) is 5.76. The highest BCUT2D eigenvalue weighted by Gasteiger charge is 2.24. The maximum atomic E-state index is 9.53. The van der Waals surface area contributed by atoms with Crippen molar-refractivity contribution >= 4 is 0 Å². The van der Waals surface area contributed by atoms with Crippen LogP contribution in [-0.2, 0) is 6.61 Å². The number of methoxy groups -OCH3 is 1. The molecule has 0 aliphatic carbocycles. The third-order valence-corrected chi connectivity index (χ3v) is 3.31. The van der Waals surface area contributed by atoms with Gasteiger partial charge in [0.05, 0.1) is 26.9 Å². The Labute approximate surface area is 126 Å². The summed E-state index contributed by atoms with van der Waals surface area (Å²) >= 11 is 0. The summed E-state index contributed by atoms with van der Waals surface area (Å²) < 4.78 is 11.0. The summed E-state index contributed by atoms with van der Waals surface area (Å²) in [7, 11) is 1.57. The lowest BCUT2D eigenvalue weighted by Crippen LogP contribution is -2.49. The van der Waals surface area contributed by atoms with Crippen LogP contribution in [0.2, 0.25) is 0 Å². The van der Waals surface area contributed by atoms with Crippen molar-refractivity contribution in [2.45, 2.75) is 45.4 Å². The van der Waals surface area contributed by atoms with Gasteiger partial charge in [0.15, 0.2) is 11.5 Å². The van der Waals surface area contributed by atoms with Gasteiger partial charge in [0.1, 0.15) is 0 Å². The summed E-state index contributed by atoms with van der Waals surface area (Å²) in [5.74, 6) is 1.24. The summed E-state index contributed by atoms with van der Waals surface area (Å²) in [4.78, 5) is 0. The number of hydrogen-bond acceptors (Lipinski definition) is 5. The van der Waals surface area contributed by atoms with Crippen LogP contribution in [0.25, 0.3) is 0 Å². The first-order valence-electron chi connectivity index (χ1n) is 7.23. The molecule has 0 saturated heterocycles. The molecule has 5 heteroatoms. The van der Waals surface area contributed by atoms with Gasteiger partial charge in [-0.1, -0.05) is 19.9 Å². The van der Waals surface area contributed by atoms with Crippen LogP contribution < -0.4 is 14.8 Å². The molecule has 0 heterocycles. The number of aliphatic hydroxyl groups is 2. The lowest BCUT2D eigenvalue weighted by Gasteiger charge is -2.31. The number of ether oxygens (including phenoxy) is 2. The van der Waals surface area contributed by atoms with Crippen LogP contribution in [0.4, 0.5) is 0 Å². The fourth-order valence-corrected chi connectivity index (χ4v) is 2.21. The fourth-order valence-electron chi connectivity index (χ4n) is 2.21. The molecule has 21 heavy (non-hydrogen) atoms. The zero-order valence-electron chi connectivity index (χ0n) is 13.3. The SMILES string of the molecule is COc1cc(CO)ccc1OCCC(C)(CO)NC(C)C. The van der Waals surface area contributed by atoms with Crippen LogP contribution in [0.3, 0.4) is 0 Å². The van der Waals surface area contributed by atoms with Gasteiger partial charge in [-0.15, -0.1) is 0 Å². The Bertz CT molecular complexity index is 436. The lowest BCUT2D eigenvalue weighted by atomic mass is 9.98. The molecular weight excluding hydrogens is 270 g/mol. The molecule has 1 atom stereocenters. The quantitative estimate of drug-likeness (QED) is 0.647. The molecule has 0 amide bonds. The maximum Gasteiger partial charge on any atom is 0.161 e. The van der Waals surface area contributed by atoms with Crippen molar-refractivity contribution in [2.24, 2.45) is 0 Å². The van der Waals surface area contributed by atoms with Crippen LogP contribution in [0.15, 0.2) is 18.2 Å². The highest BCUT2D eigenvalue weighted by atomic mass is 16.5. The van der Waals surface area contributed by atoms with Crippen molar-refractivity contribution in [3.8, 4) is 11.5 Å². The van der Waals surface area contributed by atoms with Gasteiger partial charge in [-0.3, -0.25) is 0 Å². The number of aliphatic hydroxyl groups excluding tert-OH is 2. The van der Waals surface area contributed by atoms with Gasteiger partial charge in [0.2, 0.25) is 0 Å².